The van der Waals surface area contributed by atoms with Crippen LogP contribution in [-0.4, -0.2) is 46.1 Å². The Morgan fingerprint density at radius 1 is 1.07 bits per heavy atom. The van der Waals surface area contributed by atoms with Crippen LogP contribution in [0.5, 0.6) is 11.5 Å². The van der Waals surface area contributed by atoms with Crippen molar-refractivity contribution in [3.8, 4) is 11.5 Å². The molecule has 0 aliphatic heterocycles. The number of hydrogen-bond acceptors (Lipinski definition) is 6. The summed E-state index contributed by atoms with van der Waals surface area (Å²) in [6.45, 7) is 4.28. The van der Waals surface area contributed by atoms with Crippen LogP contribution in [0.15, 0.2) is 53.4 Å². The fraction of sp³-hybridized carbons (Fsp3) is 0.381. The van der Waals surface area contributed by atoms with Crippen LogP contribution in [0.25, 0.3) is 0 Å². The molecule has 8 heteroatoms. The maximum atomic E-state index is 12.5. The Hall–Kier alpha value is -2.58. The van der Waals surface area contributed by atoms with Gasteiger partial charge in [-0.3, -0.25) is 4.79 Å². The molecule has 7 nitrogen and oxygen atoms in total. The summed E-state index contributed by atoms with van der Waals surface area (Å²) in [7, 11) is -1.00. The molecular formula is C21H27NO6S. The van der Waals surface area contributed by atoms with E-state index in [1.54, 1.807) is 35.2 Å². The van der Waals surface area contributed by atoms with E-state index in [0.717, 1.165) is 12.0 Å². The lowest BCUT2D eigenvalue weighted by Gasteiger charge is -2.28. The van der Waals surface area contributed by atoms with Crippen LogP contribution in [0.3, 0.4) is 0 Å². The Morgan fingerprint density at radius 3 is 2.34 bits per heavy atom. The fourth-order valence-electron chi connectivity index (χ4n) is 2.73. The average Bonchev–Trinajstić information content (AvgIpc) is 2.71. The van der Waals surface area contributed by atoms with Gasteiger partial charge in [-0.05, 0) is 55.3 Å². The molecule has 158 valence electrons. The second-order valence-electron chi connectivity index (χ2n) is 6.57. The molecule has 0 unspecified atom stereocenters. The minimum atomic E-state index is -3.99. The first kappa shape index (κ1) is 22.7. The summed E-state index contributed by atoms with van der Waals surface area (Å²) in [4.78, 5) is 14.1. The van der Waals surface area contributed by atoms with E-state index < -0.39 is 10.1 Å². The topological polar surface area (TPSA) is 82.1 Å². The highest BCUT2D eigenvalue weighted by Crippen LogP contribution is 2.23. The van der Waals surface area contributed by atoms with Crippen molar-refractivity contribution in [3.63, 3.8) is 0 Å². The normalized spacial score (nSPS) is 12.3. The Morgan fingerprint density at radius 2 is 1.76 bits per heavy atom. The van der Waals surface area contributed by atoms with Crippen molar-refractivity contribution in [2.75, 3.05) is 20.8 Å². The molecule has 0 radical (unpaired) electrons. The minimum absolute atomic E-state index is 0.00756. The minimum Gasteiger partial charge on any atom is -0.497 e. The maximum absolute atomic E-state index is 12.5. The molecule has 0 fully saturated rings. The number of nitrogens with zero attached hydrogens (tertiary/aromatic N) is 1. The second kappa shape index (κ2) is 10.3. The summed E-state index contributed by atoms with van der Waals surface area (Å²) in [5.74, 6) is 0.609. The molecule has 0 aliphatic rings. The van der Waals surface area contributed by atoms with Crippen LogP contribution in [-0.2, 0) is 26.2 Å². The predicted molar refractivity (Wildman–Crippen MR) is 109 cm³/mol. The molecule has 0 N–H and O–H groups in total. The van der Waals surface area contributed by atoms with Crippen LogP contribution >= 0.6 is 0 Å². The molecule has 0 aliphatic carbocycles. The SMILES string of the molecule is CC[C@H](C)N(Cc1cccc(OS(=O)(=O)c2ccc(OC)cc2)c1)C(=O)COC. The van der Waals surface area contributed by atoms with Crippen molar-refractivity contribution in [1.82, 2.24) is 4.90 Å². The molecular weight excluding hydrogens is 394 g/mol. The zero-order chi connectivity index (χ0) is 21.4. The highest BCUT2D eigenvalue weighted by Gasteiger charge is 2.20. The Balaban J connectivity index is 2.20. The summed E-state index contributed by atoms with van der Waals surface area (Å²) in [6.07, 6.45) is 0.789. The van der Waals surface area contributed by atoms with Gasteiger partial charge in [0, 0.05) is 19.7 Å². The summed E-state index contributed by atoms with van der Waals surface area (Å²) in [5, 5.41) is 0. The van der Waals surface area contributed by atoms with Gasteiger partial charge in [-0.2, -0.15) is 8.42 Å². The molecule has 0 aromatic heterocycles. The van der Waals surface area contributed by atoms with Crippen molar-refractivity contribution in [3.05, 3.63) is 54.1 Å². The first-order chi connectivity index (χ1) is 13.8. The largest absolute Gasteiger partial charge is 0.497 e. The van der Waals surface area contributed by atoms with E-state index in [4.69, 9.17) is 13.7 Å². The van der Waals surface area contributed by atoms with Gasteiger partial charge >= 0.3 is 10.1 Å². The molecule has 1 amide bonds. The van der Waals surface area contributed by atoms with E-state index in [1.807, 2.05) is 19.9 Å². The predicted octanol–water partition coefficient (Wildman–Crippen LogP) is 3.24. The molecule has 0 spiro atoms. The van der Waals surface area contributed by atoms with Crippen molar-refractivity contribution >= 4 is 16.0 Å². The number of rotatable bonds is 10. The smallest absolute Gasteiger partial charge is 0.339 e. The highest BCUT2D eigenvalue weighted by atomic mass is 32.2. The van der Waals surface area contributed by atoms with Crippen molar-refractivity contribution in [1.29, 1.82) is 0 Å². The summed E-state index contributed by atoms with van der Waals surface area (Å²) in [6, 6.07) is 12.7. The lowest BCUT2D eigenvalue weighted by Crippen LogP contribution is -2.39. The molecule has 1 atom stereocenters. The molecule has 0 heterocycles. The number of amides is 1. The lowest BCUT2D eigenvalue weighted by molar-refractivity contribution is -0.138. The second-order valence-corrected chi connectivity index (χ2v) is 8.12. The molecule has 0 saturated carbocycles. The third-order valence-electron chi connectivity index (χ3n) is 4.52. The average molecular weight is 422 g/mol. The van der Waals surface area contributed by atoms with Crippen LogP contribution in [0.4, 0.5) is 0 Å². The van der Waals surface area contributed by atoms with Gasteiger partial charge in [-0.15, -0.1) is 0 Å². The monoisotopic (exact) mass is 421 g/mol. The number of benzene rings is 2. The van der Waals surface area contributed by atoms with Crippen molar-refractivity contribution in [2.45, 2.75) is 37.8 Å². The van der Waals surface area contributed by atoms with Crippen LogP contribution in [0, 0.1) is 0 Å². The van der Waals surface area contributed by atoms with E-state index in [2.05, 4.69) is 0 Å². The summed E-state index contributed by atoms with van der Waals surface area (Å²) in [5.41, 5.74) is 0.761. The zero-order valence-electron chi connectivity index (χ0n) is 17.1. The summed E-state index contributed by atoms with van der Waals surface area (Å²) >= 11 is 0. The number of carbonyl (C=O) groups is 1. The van der Waals surface area contributed by atoms with Crippen molar-refractivity contribution < 1.29 is 26.9 Å². The van der Waals surface area contributed by atoms with Gasteiger partial charge in [-0.1, -0.05) is 19.1 Å². The van der Waals surface area contributed by atoms with Gasteiger partial charge in [-0.25, -0.2) is 0 Å². The van der Waals surface area contributed by atoms with E-state index in [0.29, 0.717) is 12.3 Å². The van der Waals surface area contributed by atoms with Crippen LogP contribution in [0.1, 0.15) is 25.8 Å². The third kappa shape index (κ3) is 6.20. The van der Waals surface area contributed by atoms with Gasteiger partial charge in [0.05, 0.1) is 7.11 Å². The molecule has 2 aromatic carbocycles. The molecule has 2 rings (SSSR count). The van der Waals surface area contributed by atoms with E-state index in [1.165, 1.54) is 26.4 Å². The zero-order valence-corrected chi connectivity index (χ0v) is 17.9. The van der Waals surface area contributed by atoms with Gasteiger partial charge in [0.2, 0.25) is 5.91 Å². The maximum Gasteiger partial charge on any atom is 0.339 e. The van der Waals surface area contributed by atoms with Gasteiger partial charge in [0.1, 0.15) is 23.0 Å². The Labute approximate surface area is 172 Å². The van der Waals surface area contributed by atoms with E-state index >= 15 is 0 Å². The first-order valence-electron chi connectivity index (χ1n) is 9.26. The van der Waals surface area contributed by atoms with Gasteiger partial charge in [0.25, 0.3) is 0 Å². The number of carbonyl (C=O) groups excluding carboxylic acids is 1. The quantitative estimate of drug-likeness (QED) is 0.548. The number of ether oxygens (including phenoxy) is 2. The standard InChI is InChI=1S/C21H27NO6S/c1-5-16(2)22(21(23)15-26-3)14-17-7-6-8-19(13-17)28-29(24,25)20-11-9-18(27-4)10-12-20/h6-13,16H,5,14-15H2,1-4H3/t16-/m0/s1. The Kier molecular flexibility index (Phi) is 8.04. The van der Waals surface area contributed by atoms with Crippen LogP contribution in [0.2, 0.25) is 0 Å². The van der Waals surface area contributed by atoms with Crippen LogP contribution < -0.4 is 8.92 Å². The molecule has 2 aromatic rings. The van der Waals surface area contributed by atoms with Gasteiger partial charge in [0.15, 0.2) is 0 Å². The fourth-order valence-corrected chi connectivity index (χ4v) is 3.65. The lowest BCUT2D eigenvalue weighted by atomic mass is 10.1. The Bertz CT molecular complexity index is 911. The number of hydrogen-bond donors (Lipinski definition) is 0. The van der Waals surface area contributed by atoms with E-state index in [-0.39, 0.29) is 29.2 Å². The molecule has 29 heavy (non-hydrogen) atoms. The molecule has 0 bridgehead atoms. The van der Waals surface area contributed by atoms with Crippen molar-refractivity contribution in [2.24, 2.45) is 0 Å². The highest BCUT2D eigenvalue weighted by molar-refractivity contribution is 7.87. The first-order valence-corrected chi connectivity index (χ1v) is 10.7. The van der Waals surface area contributed by atoms with Gasteiger partial charge < -0.3 is 18.6 Å². The third-order valence-corrected chi connectivity index (χ3v) is 5.78. The summed E-state index contributed by atoms with van der Waals surface area (Å²) < 4.78 is 40.4. The van der Waals surface area contributed by atoms with E-state index in [9.17, 15) is 13.2 Å². The number of methoxy groups -OCH3 is 2. The molecule has 0 saturated heterocycles.